The summed E-state index contributed by atoms with van der Waals surface area (Å²) >= 11 is 7.37. The van der Waals surface area contributed by atoms with Gasteiger partial charge in [0.1, 0.15) is 71.6 Å². The van der Waals surface area contributed by atoms with Crippen LogP contribution in [0.15, 0.2) is 74.6 Å². The predicted molar refractivity (Wildman–Crippen MR) is 350 cm³/mol. The van der Waals surface area contributed by atoms with Gasteiger partial charge < -0.3 is 40.6 Å². The number of aromatic nitrogens is 8. The molecule has 31 heteroatoms. The van der Waals surface area contributed by atoms with Crippen molar-refractivity contribution in [3.63, 3.8) is 0 Å². The molecule has 1 unspecified atom stereocenters. The fourth-order valence-electron chi connectivity index (χ4n) is 10.9. The zero-order valence-electron chi connectivity index (χ0n) is 50.8. The molecule has 482 valence electrons. The lowest BCUT2D eigenvalue weighted by atomic mass is 9.81. The van der Waals surface area contributed by atoms with Crippen LogP contribution >= 0.6 is 68.0 Å². The number of carbonyl (C=O) groups excluding carboxylic acids is 6. The monoisotopic (exact) mass is 1370 g/mol. The number of aromatic carboxylic acids is 1. The lowest BCUT2D eigenvalue weighted by Crippen LogP contribution is -2.40. The third-order valence-corrected chi connectivity index (χ3v) is 21.8. The second-order valence-electron chi connectivity index (χ2n) is 22.5. The minimum atomic E-state index is -1.34. The van der Waals surface area contributed by atoms with Crippen LogP contribution in [-0.2, 0) is 37.1 Å². The van der Waals surface area contributed by atoms with E-state index in [-0.39, 0.29) is 78.3 Å². The molecule has 1 aromatic carbocycles. The van der Waals surface area contributed by atoms with E-state index >= 15 is 0 Å². The number of nitrogens with one attached hydrogen (secondary N) is 4. The number of aryl methyl sites for hydroxylation is 1. The number of ether oxygens (including phenoxy) is 1. The van der Waals surface area contributed by atoms with Crippen LogP contribution in [-0.4, -0.2) is 118 Å². The topological polar surface area (TPSA) is 354 Å². The van der Waals surface area contributed by atoms with Crippen LogP contribution in [0.2, 0.25) is 0 Å². The molecule has 10 bridgehead atoms. The van der Waals surface area contributed by atoms with Crippen molar-refractivity contribution in [2.75, 3.05) is 25.6 Å². The van der Waals surface area contributed by atoms with Crippen molar-refractivity contribution in [1.82, 2.24) is 61.1 Å². The number of methoxy groups -OCH3 is 1. The molecule has 0 spiro atoms. The molecule has 1 saturated carbocycles. The highest BCUT2D eigenvalue weighted by atomic mass is 32.1. The van der Waals surface area contributed by atoms with Crippen molar-refractivity contribution in [2.45, 2.75) is 103 Å². The molecular formula is C62H61N13O12S6. The van der Waals surface area contributed by atoms with Gasteiger partial charge in [-0.2, -0.15) is 0 Å². The van der Waals surface area contributed by atoms with E-state index in [2.05, 4.69) is 26.3 Å². The molecule has 8 aromatic heterocycles. The number of Topliss-reactive ketones (excluding diaryl/α,β-unsaturated/α-hetero) is 1. The summed E-state index contributed by atoms with van der Waals surface area (Å²) in [6, 6.07) is 11.5. The van der Waals surface area contributed by atoms with E-state index in [4.69, 9.17) is 44.0 Å². The molecule has 2 aliphatic rings. The van der Waals surface area contributed by atoms with Gasteiger partial charge in [0, 0.05) is 70.3 Å². The zero-order valence-corrected chi connectivity index (χ0v) is 55.7. The van der Waals surface area contributed by atoms with Gasteiger partial charge in [-0.05, 0) is 56.2 Å². The van der Waals surface area contributed by atoms with E-state index in [1.165, 1.54) is 75.7 Å². The Bertz CT molecular complexity index is 4290. The fraction of sp³-hybridized carbons (Fsp3) is 0.355. The van der Waals surface area contributed by atoms with Crippen LogP contribution in [0.25, 0.3) is 43.4 Å². The van der Waals surface area contributed by atoms with Crippen molar-refractivity contribution < 1.29 is 57.7 Å². The van der Waals surface area contributed by atoms with E-state index < -0.39 is 77.7 Å². The number of hydrogen-bond acceptors (Lipinski definition) is 24. The van der Waals surface area contributed by atoms with Crippen molar-refractivity contribution >= 4 is 121 Å². The lowest BCUT2D eigenvalue weighted by molar-refractivity contribution is -0.144. The SMILES string of the molecule is CNC(=O)C[C@@H]1NC(=O)c2csc(n2)-c2ccc(-c3nc(N(Cc4ncc(C(=O)O)o4)C(=O)C4CCC(C(=O)O)CC4)cs3)nc2-c2csc(n2)-c2csc(n2)[C@H]([C@@H](C)c2ccccc2)NC(=O)CNC(=O)c2nc(sc2COC)C(C(C)C)CC(=O)c2nc1sc2C. The quantitative estimate of drug-likeness (QED) is 0.0589. The van der Waals surface area contributed by atoms with Crippen molar-refractivity contribution in [1.29, 1.82) is 0 Å². The molecule has 1 fully saturated rings. The van der Waals surface area contributed by atoms with Gasteiger partial charge in [0.2, 0.25) is 29.4 Å². The van der Waals surface area contributed by atoms with E-state index in [1.807, 2.05) is 56.5 Å². The van der Waals surface area contributed by atoms with E-state index in [1.54, 1.807) is 35.2 Å². The number of carboxylic acids is 2. The number of anilines is 1. The summed E-state index contributed by atoms with van der Waals surface area (Å²) in [6.45, 7) is 6.98. The van der Waals surface area contributed by atoms with Crippen LogP contribution in [0, 0.1) is 24.7 Å². The maximum atomic E-state index is 14.5. The standard InChI is InChI=1S/C62H61N13O12S6/c1-28(2)35-18-41(76)49-30(4)92-58(73-49)37(19-45(77)63-5)67-52(79)39-25-88-54(69-39)34-16-17-36(56-71-44(27-91-56)75(22-47-64-20-42(87-47)62(84)85)60(81)32-12-14-33(15-13-32)61(82)83)66-50(34)38-24-89-57(68-38)40-26-90-59(70-40)48(29(3)31-10-8-7-9-11-31)72-46(78)21-65-53(80)51-43(23-86-6)93-55(35)74-51/h7-11,16-17,20,24-29,32-33,35,37,48H,12-15,18-19,21-23H2,1-6H3,(H,63,77)(H,65,80)(H,67,79)(H,72,78)(H,82,83)(H,84,85)/t29-,32?,33?,35?,37-,48-/m0/s1. The van der Waals surface area contributed by atoms with Crippen LogP contribution in [0.4, 0.5) is 5.82 Å². The first-order valence-electron chi connectivity index (χ1n) is 29.4. The van der Waals surface area contributed by atoms with E-state index in [9.17, 15) is 48.6 Å². The summed E-state index contributed by atoms with van der Waals surface area (Å²) in [7, 11) is 2.97. The minimum Gasteiger partial charge on any atom is -0.481 e. The van der Waals surface area contributed by atoms with Gasteiger partial charge in [0.05, 0.1) is 59.3 Å². The van der Waals surface area contributed by atoms with Gasteiger partial charge in [-0.25, -0.2) is 44.7 Å². The number of carbonyl (C=O) groups is 8. The third kappa shape index (κ3) is 14.7. The summed E-state index contributed by atoms with van der Waals surface area (Å²) < 4.78 is 11.0. The maximum absolute atomic E-state index is 14.5. The molecule has 93 heavy (non-hydrogen) atoms. The van der Waals surface area contributed by atoms with Gasteiger partial charge in [0.25, 0.3) is 11.8 Å². The number of amides is 5. The van der Waals surface area contributed by atoms with Crippen LogP contribution in [0.1, 0.15) is 161 Å². The Labute approximate surface area is 555 Å². The summed E-state index contributed by atoms with van der Waals surface area (Å²) in [5.74, 6) is -7.42. The number of thiazole rings is 6. The number of rotatable bonds is 14. The summed E-state index contributed by atoms with van der Waals surface area (Å²) in [6.07, 6.45) is 2.00. The molecular weight excluding hydrogens is 1310 g/mol. The first kappa shape index (κ1) is 65.8. The Kier molecular flexibility index (Phi) is 20.3. The number of carboxylic acid groups (broad SMARTS) is 2. The number of oxazole rings is 1. The summed E-state index contributed by atoms with van der Waals surface area (Å²) in [4.78, 5) is 150. The smallest absolute Gasteiger partial charge is 0.373 e. The van der Waals surface area contributed by atoms with Crippen LogP contribution in [0.3, 0.4) is 0 Å². The van der Waals surface area contributed by atoms with Crippen LogP contribution in [0.5, 0.6) is 0 Å². The third-order valence-electron chi connectivity index (χ3n) is 16.0. The molecule has 0 radical (unpaired) electrons. The van der Waals surface area contributed by atoms with E-state index in [0.717, 1.165) is 23.1 Å². The number of aliphatic carboxylic acids is 1. The average Bonchev–Trinajstić information content (AvgIpc) is 1.72. The molecule has 25 nitrogen and oxygen atoms in total. The number of pyridine rings is 1. The summed E-state index contributed by atoms with van der Waals surface area (Å²) in [5, 5.41) is 40.3. The number of ketones is 1. The molecule has 11 rings (SSSR count). The van der Waals surface area contributed by atoms with E-state index in [0.29, 0.717) is 93.8 Å². The largest absolute Gasteiger partial charge is 0.481 e. The first-order valence-corrected chi connectivity index (χ1v) is 34.6. The van der Waals surface area contributed by atoms with Gasteiger partial charge in [-0.3, -0.25) is 38.5 Å². The molecule has 9 heterocycles. The molecule has 5 amide bonds. The highest BCUT2D eigenvalue weighted by molar-refractivity contribution is 7.15. The average molecular weight is 1370 g/mol. The second-order valence-corrected chi connectivity index (χ2v) is 28.3. The zero-order chi connectivity index (χ0) is 65.8. The highest BCUT2D eigenvalue weighted by Crippen LogP contribution is 2.42. The fourth-order valence-corrected chi connectivity index (χ4v) is 16.6. The molecule has 6 N–H and O–H groups in total. The second kappa shape index (κ2) is 28.7. The Hall–Kier alpha value is -8.72. The number of fused-ring (bicyclic) bond motifs is 14. The minimum absolute atomic E-state index is 0.0113. The highest BCUT2D eigenvalue weighted by Gasteiger charge is 2.36. The number of benzene rings is 1. The van der Waals surface area contributed by atoms with Gasteiger partial charge in [-0.15, -0.1) is 68.0 Å². The molecule has 0 saturated heterocycles. The van der Waals surface area contributed by atoms with Crippen molar-refractivity contribution in [3.8, 4) is 43.4 Å². The maximum Gasteiger partial charge on any atom is 0.373 e. The Morgan fingerprint density at radius 3 is 2.15 bits per heavy atom. The first-order chi connectivity index (χ1) is 44.7. The normalized spacial score (nSPS) is 18.5. The van der Waals surface area contributed by atoms with Gasteiger partial charge in [-0.1, -0.05) is 51.1 Å². The number of nitrogens with zero attached hydrogens (tertiary/aromatic N) is 9. The molecule has 1 aliphatic heterocycles. The summed E-state index contributed by atoms with van der Waals surface area (Å²) in [5.41, 5.74) is 3.22. The molecule has 4 atom stereocenters. The Balaban J connectivity index is 0.988. The molecule has 9 aromatic rings. The Morgan fingerprint density at radius 2 is 1.43 bits per heavy atom. The Morgan fingerprint density at radius 1 is 0.731 bits per heavy atom. The van der Waals surface area contributed by atoms with Gasteiger partial charge in [0.15, 0.2) is 5.78 Å². The van der Waals surface area contributed by atoms with Crippen LogP contribution < -0.4 is 26.2 Å². The van der Waals surface area contributed by atoms with Crippen molar-refractivity contribution in [3.05, 3.63) is 129 Å². The van der Waals surface area contributed by atoms with Crippen molar-refractivity contribution in [2.24, 2.45) is 17.8 Å². The number of hydrogen-bond donors (Lipinski definition) is 6. The lowest BCUT2D eigenvalue weighted by Gasteiger charge is -2.29. The predicted octanol–water partition coefficient (Wildman–Crippen LogP) is 10.4. The molecule has 1 aliphatic carbocycles. The van der Waals surface area contributed by atoms with Gasteiger partial charge >= 0.3 is 11.9 Å².